The van der Waals surface area contributed by atoms with Crippen molar-refractivity contribution >= 4 is 46.2 Å². The van der Waals surface area contributed by atoms with Crippen LogP contribution >= 0.6 is 23.4 Å². The predicted octanol–water partition coefficient (Wildman–Crippen LogP) is 3.49. The highest BCUT2D eigenvalue weighted by Gasteiger charge is 2.41. The zero-order valence-electron chi connectivity index (χ0n) is 20.4. The summed E-state index contributed by atoms with van der Waals surface area (Å²) in [7, 11) is 0. The fourth-order valence-corrected chi connectivity index (χ4v) is 6.51. The Hall–Kier alpha value is -2.89. The minimum Gasteiger partial charge on any atom is -0.442 e. The Bertz CT molecular complexity index is 1390. The molecule has 6 rings (SSSR count). The summed E-state index contributed by atoms with van der Waals surface area (Å²) in [6.45, 7) is 5.45. The third-order valence-electron chi connectivity index (χ3n) is 7.42. The van der Waals surface area contributed by atoms with Gasteiger partial charge in [-0.25, -0.2) is 19.7 Å². The van der Waals surface area contributed by atoms with E-state index in [4.69, 9.17) is 21.1 Å². The molecule has 2 atom stereocenters. The molecule has 3 fully saturated rings. The molecule has 3 aliphatic rings. The lowest BCUT2D eigenvalue weighted by atomic mass is 9.77. The number of anilines is 1. The van der Waals surface area contributed by atoms with Crippen molar-refractivity contribution in [2.24, 2.45) is 5.41 Å². The highest BCUT2D eigenvalue weighted by Crippen LogP contribution is 2.42. The molecule has 1 N–H and O–H groups in total. The number of fused-ring (bicyclic) bond motifs is 1. The second kappa shape index (κ2) is 9.77. The summed E-state index contributed by atoms with van der Waals surface area (Å²) in [4.78, 5) is 41.1. The van der Waals surface area contributed by atoms with E-state index in [0.29, 0.717) is 43.9 Å². The van der Waals surface area contributed by atoms with Crippen molar-refractivity contribution in [3.05, 3.63) is 46.2 Å². The van der Waals surface area contributed by atoms with E-state index in [1.165, 1.54) is 22.7 Å². The summed E-state index contributed by atoms with van der Waals surface area (Å²) in [5.74, 6) is 0.866. The number of rotatable bonds is 5. The number of nitrogens with zero attached hydrogens (tertiary/aromatic N) is 5. The van der Waals surface area contributed by atoms with Crippen molar-refractivity contribution in [3.63, 3.8) is 0 Å². The maximum atomic E-state index is 13.2. The first-order chi connectivity index (χ1) is 17.9. The van der Waals surface area contributed by atoms with Gasteiger partial charge < -0.3 is 19.7 Å². The Labute approximate surface area is 222 Å². The van der Waals surface area contributed by atoms with Gasteiger partial charge in [-0.15, -0.1) is 0 Å². The minimum absolute atomic E-state index is 0.199. The molecule has 3 aromatic rings. The molecule has 0 aliphatic carbocycles. The average molecular weight is 543 g/mol. The molecule has 1 amide bonds. The molecule has 0 bridgehead atoms. The lowest BCUT2D eigenvalue weighted by molar-refractivity contribution is 0.0976. The zero-order chi connectivity index (χ0) is 25.6. The number of cyclic esters (lactones) is 1. The van der Waals surface area contributed by atoms with E-state index in [2.05, 4.69) is 32.1 Å². The van der Waals surface area contributed by atoms with E-state index in [0.717, 1.165) is 44.8 Å². The van der Waals surface area contributed by atoms with Gasteiger partial charge in [0.15, 0.2) is 0 Å². The van der Waals surface area contributed by atoms with Crippen LogP contribution in [0.5, 0.6) is 0 Å². The van der Waals surface area contributed by atoms with Crippen LogP contribution in [0.1, 0.15) is 26.2 Å². The predicted molar refractivity (Wildman–Crippen MR) is 139 cm³/mol. The van der Waals surface area contributed by atoms with Crippen LogP contribution in [-0.4, -0.2) is 64.1 Å². The third-order valence-corrected chi connectivity index (χ3v) is 8.90. The van der Waals surface area contributed by atoms with Gasteiger partial charge in [-0.3, -0.25) is 9.36 Å². The van der Waals surface area contributed by atoms with Crippen molar-refractivity contribution in [1.82, 2.24) is 24.8 Å². The van der Waals surface area contributed by atoms with Gasteiger partial charge in [-0.1, -0.05) is 23.4 Å². The molecule has 1 spiro atoms. The maximum absolute atomic E-state index is 13.2. The van der Waals surface area contributed by atoms with E-state index < -0.39 is 12.2 Å². The summed E-state index contributed by atoms with van der Waals surface area (Å²) in [5.41, 5.74) is 0.535. The van der Waals surface area contributed by atoms with Crippen LogP contribution in [0.25, 0.3) is 10.9 Å². The van der Waals surface area contributed by atoms with Crippen molar-refractivity contribution in [1.29, 1.82) is 0 Å². The Morgan fingerprint density at radius 1 is 1.19 bits per heavy atom. The van der Waals surface area contributed by atoms with Crippen LogP contribution in [0.15, 0.2) is 45.6 Å². The van der Waals surface area contributed by atoms with Gasteiger partial charge in [0.2, 0.25) is 0 Å². The molecule has 5 heterocycles. The molecular weight excluding hydrogens is 516 g/mol. The van der Waals surface area contributed by atoms with Gasteiger partial charge in [0, 0.05) is 18.0 Å². The number of aromatic nitrogens is 4. The van der Waals surface area contributed by atoms with E-state index >= 15 is 0 Å². The van der Waals surface area contributed by atoms with Crippen LogP contribution < -0.4 is 15.8 Å². The lowest BCUT2D eigenvalue weighted by Crippen LogP contribution is -2.41. The smallest absolute Gasteiger partial charge is 0.407 e. The van der Waals surface area contributed by atoms with Crippen LogP contribution in [0.3, 0.4) is 0 Å². The number of benzene rings is 1. The first-order valence-electron chi connectivity index (χ1n) is 12.4. The number of amides is 1. The van der Waals surface area contributed by atoms with Crippen LogP contribution in [0, 0.1) is 5.41 Å². The second-order valence-electron chi connectivity index (χ2n) is 10.0. The van der Waals surface area contributed by atoms with Gasteiger partial charge in [-0.2, -0.15) is 0 Å². The lowest BCUT2D eigenvalue weighted by Gasteiger charge is -2.38. The largest absolute Gasteiger partial charge is 0.442 e. The number of ether oxygens (including phenoxy) is 2. The van der Waals surface area contributed by atoms with E-state index in [1.807, 2.05) is 6.07 Å². The Balaban J connectivity index is 1.16. The average Bonchev–Trinajstić information content (AvgIpc) is 3.48. The molecule has 12 heteroatoms. The number of hydrogen-bond acceptors (Lipinski definition) is 9. The van der Waals surface area contributed by atoms with Crippen molar-refractivity contribution in [3.8, 4) is 0 Å². The van der Waals surface area contributed by atoms with Crippen LogP contribution in [0.2, 0.25) is 5.02 Å². The minimum atomic E-state index is -0.488. The molecule has 0 radical (unpaired) electrons. The first kappa shape index (κ1) is 24.4. The zero-order valence-corrected chi connectivity index (χ0v) is 21.9. The molecule has 1 aromatic carbocycles. The van der Waals surface area contributed by atoms with Gasteiger partial charge in [0.1, 0.15) is 16.9 Å². The number of nitrogens with one attached hydrogen (secondary N) is 1. The molecule has 3 saturated heterocycles. The topological polar surface area (TPSA) is 111 Å². The molecule has 0 saturated carbocycles. The maximum Gasteiger partial charge on any atom is 0.407 e. The van der Waals surface area contributed by atoms with Gasteiger partial charge in [0.25, 0.3) is 5.56 Å². The summed E-state index contributed by atoms with van der Waals surface area (Å²) >= 11 is 8.04. The standard InChI is InChI=1S/C25H27ClN6O4S/c1-15-8-25(13-35-15)4-6-31(7-5-25)19-10-28-20(11-27-19)37-18-3-2-17-21(22(18)26)23(33)32(14-30-17)12-16-9-29-24(34)36-16/h2-3,10-11,14-16H,4-9,12-13H2,1H3,(H,29,34)/t15-,16?/m0/s1. The third kappa shape index (κ3) is 4.87. The number of carbonyl (C=O) groups excluding carboxylic acids is 1. The Morgan fingerprint density at radius 2 is 2.03 bits per heavy atom. The van der Waals surface area contributed by atoms with Gasteiger partial charge in [-0.05, 0) is 43.7 Å². The fraction of sp³-hybridized carbons (Fsp3) is 0.480. The van der Waals surface area contributed by atoms with Crippen molar-refractivity contribution < 1.29 is 14.3 Å². The molecule has 194 valence electrons. The fourth-order valence-electron chi connectivity index (χ4n) is 5.39. The molecule has 37 heavy (non-hydrogen) atoms. The Kier molecular flexibility index (Phi) is 6.46. The van der Waals surface area contributed by atoms with E-state index in [-0.39, 0.29) is 12.1 Å². The number of carbonyl (C=O) groups is 1. The summed E-state index contributed by atoms with van der Waals surface area (Å²) < 4.78 is 12.4. The first-order valence-corrected chi connectivity index (χ1v) is 13.6. The molecule has 2 aromatic heterocycles. The molecule has 10 nitrogen and oxygen atoms in total. The monoisotopic (exact) mass is 542 g/mol. The number of piperidine rings is 1. The van der Waals surface area contributed by atoms with Crippen molar-refractivity contribution in [2.75, 3.05) is 31.1 Å². The molecular formula is C25H27ClN6O4S. The van der Waals surface area contributed by atoms with Crippen LogP contribution in [0.4, 0.5) is 10.6 Å². The molecule has 1 unspecified atom stereocenters. The van der Waals surface area contributed by atoms with Crippen LogP contribution in [-0.2, 0) is 16.0 Å². The second-order valence-corrected chi connectivity index (χ2v) is 11.4. The number of halogens is 1. The van der Waals surface area contributed by atoms with E-state index in [1.54, 1.807) is 18.5 Å². The summed E-state index contributed by atoms with van der Waals surface area (Å²) in [6, 6.07) is 3.60. The number of alkyl carbamates (subject to hydrolysis) is 1. The highest BCUT2D eigenvalue weighted by atomic mass is 35.5. The molecule has 3 aliphatic heterocycles. The number of hydrogen-bond donors (Lipinski definition) is 1. The SMILES string of the molecule is C[C@H]1CC2(CCN(c3cnc(Sc4ccc5ncn(CC6CNC(=O)O6)c(=O)c5c4Cl)cn3)CC2)CO1. The normalized spacial score (nSPS) is 23.0. The quantitative estimate of drug-likeness (QED) is 0.517. The summed E-state index contributed by atoms with van der Waals surface area (Å²) in [5, 5.41) is 3.91. The highest BCUT2D eigenvalue weighted by molar-refractivity contribution is 7.99. The van der Waals surface area contributed by atoms with Gasteiger partial charge >= 0.3 is 6.09 Å². The van der Waals surface area contributed by atoms with E-state index in [9.17, 15) is 9.59 Å². The van der Waals surface area contributed by atoms with Gasteiger partial charge in [0.05, 0.1) is 60.4 Å². The summed E-state index contributed by atoms with van der Waals surface area (Å²) in [6.07, 6.45) is 7.78. The van der Waals surface area contributed by atoms with Crippen molar-refractivity contribution in [2.45, 2.75) is 54.9 Å². The Morgan fingerprint density at radius 3 is 2.70 bits per heavy atom.